The van der Waals surface area contributed by atoms with Crippen molar-refractivity contribution in [3.05, 3.63) is 23.7 Å². The van der Waals surface area contributed by atoms with Crippen molar-refractivity contribution < 1.29 is 17.9 Å². The van der Waals surface area contributed by atoms with Crippen LogP contribution in [0.15, 0.2) is 16.5 Å². The molecule has 1 atom stereocenters. The lowest BCUT2D eigenvalue weighted by molar-refractivity contribution is 0.0342. The molecule has 1 aliphatic rings. The Kier molecular flexibility index (Phi) is 6.95. The molecular formula is C14H22F2N2O2S. The lowest BCUT2D eigenvalue weighted by Crippen LogP contribution is -2.44. The van der Waals surface area contributed by atoms with Gasteiger partial charge in [-0.25, -0.2) is 0 Å². The molecular weight excluding hydrogens is 298 g/mol. The second-order valence-corrected chi connectivity index (χ2v) is 6.11. The summed E-state index contributed by atoms with van der Waals surface area (Å²) in [6.45, 7) is 7.27. The molecule has 21 heavy (non-hydrogen) atoms. The summed E-state index contributed by atoms with van der Waals surface area (Å²) in [5.74, 6) is -0.766. The topological polar surface area (TPSA) is 37.6 Å². The Balaban J connectivity index is 1.67. The molecule has 1 aromatic heterocycles. The summed E-state index contributed by atoms with van der Waals surface area (Å²) in [7, 11) is 0. The summed E-state index contributed by atoms with van der Waals surface area (Å²) in [4.78, 5) is 2.37. The van der Waals surface area contributed by atoms with Gasteiger partial charge in [-0.05, 0) is 19.1 Å². The minimum Gasteiger partial charge on any atom is -0.464 e. The molecule has 120 valence electrons. The van der Waals surface area contributed by atoms with Crippen LogP contribution in [-0.2, 0) is 17.0 Å². The molecule has 0 aromatic carbocycles. The van der Waals surface area contributed by atoms with E-state index in [4.69, 9.17) is 9.15 Å². The van der Waals surface area contributed by atoms with Crippen LogP contribution in [0.3, 0.4) is 0 Å². The molecule has 0 spiro atoms. The number of alkyl halides is 2. The maximum atomic E-state index is 12.1. The van der Waals surface area contributed by atoms with Crippen LogP contribution in [0.1, 0.15) is 18.4 Å². The van der Waals surface area contributed by atoms with Crippen molar-refractivity contribution in [3.8, 4) is 0 Å². The van der Waals surface area contributed by atoms with Gasteiger partial charge in [-0.15, -0.1) is 0 Å². The molecule has 1 saturated heterocycles. The van der Waals surface area contributed by atoms with Crippen LogP contribution in [-0.4, -0.2) is 49.5 Å². The Bertz CT molecular complexity index is 411. The highest BCUT2D eigenvalue weighted by Crippen LogP contribution is 2.21. The van der Waals surface area contributed by atoms with Gasteiger partial charge in [-0.1, -0.05) is 11.8 Å². The van der Waals surface area contributed by atoms with Crippen LogP contribution in [0.2, 0.25) is 0 Å². The van der Waals surface area contributed by atoms with Crippen molar-refractivity contribution in [2.24, 2.45) is 0 Å². The van der Waals surface area contributed by atoms with E-state index in [0.717, 1.165) is 38.6 Å². The molecule has 0 aliphatic carbocycles. The maximum absolute atomic E-state index is 12.1. The molecule has 1 fully saturated rings. The zero-order valence-corrected chi connectivity index (χ0v) is 13.0. The zero-order valence-electron chi connectivity index (χ0n) is 12.2. The highest BCUT2D eigenvalue weighted by molar-refractivity contribution is 7.98. The van der Waals surface area contributed by atoms with Crippen molar-refractivity contribution in [3.63, 3.8) is 0 Å². The van der Waals surface area contributed by atoms with E-state index in [9.17, 15) is 8.78 Å². The average molecular weight is 320 g/mol. The van der Waals surface area contributed by atoms with Crippen LogP contribution in [0.5, 0.6) is 0 Å². The third kappa shape index (κ3) is 6.34. The molecule has 0 saturated carbocycles. The quantitative estimate of drug-likeness (QED) is 0.797. The summed E-state index contributed by atoms with van der Waals surface area (Å²) in [6, 6.07) is 3.95. The molecule has 2 rings (SSSR count). The number of nitrogens with zero attached hydrogens (tertiary/aromatic N) is 1. The fraction of sp³-hybridized carbons (Fsp3) is 0.714. The summed E-state index contributed by atoms with van der Waals surface area (Å²) in [5.41, 5.74) is 0. The van der Waals surface area contributed by atoms with E-state index in [1.807, 2.05) is 6.07 Å². The first-order valence-corrected chi connectivity index (χ1v) is 8.19. The minimum atomic E-state index is -2.36. The Hall–Kier alpha value is -0.630. The van der Waals surface area contributed by atoms with Crippen molar-refractivity contribution in [1.29, 1.82) is 0 Å². The Labute approximate surface area is 128 Å². The van der Waals surface area contributed by atoms with E-state index in [2.05, 4.69) is 17.1 Å². The van der Waals surface area contributed by atoms with Crippen molar-refractivity contribution >= 4 is 11.8 Å². The van der Waals surface area contributed by atoms with E-state index in [1.165, 1.54) is 0 Å². The molecule has 1 N–H and O–H groups in total. The van der Waals surface area contributed by atoms with Gasteiger partial charge >= 0.3 is 0 Å². The monoisotopic (exact) mass is 320 g/mol. The first-order chi connectivity index (χ1) is 10.1. The van der Waals surface area contributed by atoms with E-state index < -0.39 is 5.76 Å². The molecule has 1 unspecified atom stereocenters. The van der Waals surface area contributed by atoms with Crippen molar-refractivity contribution in [2.75, 3.05) is 32.8 Å². The maximum Gasteiger partial charge on any atom is 0.284 e. The van der Waals surface area contributed by atoms with Gasteiger partial charge in [-0.2, -0.15) is 8.78 Å². The fourth-order valence-electron chi connectivity index (χ4n) is 2.25. The molecule has 4 nitrogen and oxygen atoms in total. The fourth-order valence-corrected chi connectivity index (χ4v) is 2.70. The van der Waals surface area contributed by atoms with E-state index in [-0.39, 0.29) is 5.75 Å². The summed E-state index contributed by atoms with van der Waals surface area (Å²) >= 11 is 0.579. The first-order valence-electron chi connectivity index (χ1n) is 7.14. The number of thioether (sulfide) groups is 1. The molecule has 2 heterocycles. The first kappa shape index (κ1) is 16.7. The summed E-state index contributed by atoms with van der Waals surface area (Å²) in [6.07, 6.45) is 0. The average Bonchev–Trinajstić information content (AvgIpc) is 2.92. The van der Waals surface area contributed by atoms with Gasteiger partial charge in [0.05, 0.1) is 25.5 Å². The number of nitrogens with one attached hydrogen (secondary N) is 1. The third-order valence-electron chi connectivity index (χ3n) is 3.33. The molecule has 0 amide bonds. The van der Waals surface area contributed by atoms with Crippen molar-refractivity contribution in [1.82, 2.24) is 10.2 Å². The predicted molar refractivity (Wildman–Crippen MR) is 79.6 cm³/mol. The SMILES string of the molecule is CC(CN1CCOCC1)NCc1ccc(CSC(F)F)o1. The number of furan rings is 1. The lowest BCUT2D eigenvalue weighted by Gasteiger charge is -2.29. The van der Waals surface area contributed by atoms with Crippen LogP contribution >= 0.6 is 11.8 Å². The Morgan fingerprint density at radius 2 is 2.00 bits per heavy atom. The number of hydrogen-bond donors (Lipinski definition) is 1. The normalized spacial score (nSPS) is 18.3. The van der Waals surface area contributed by atoms with Gasteiger partial charge in [0.2, 0.25) is 0 Å². The molecule has 0 bridgehead atoms. The second-order valence-electron chi connectivity index (χ2n) is 5.13. The molecule has 1 aliphatic heterocycles. The van der Waals surface area contributed by atoms with E-state index >= 15 is 0 Å². The highest BCUT2D eigenvalue weighted by atomic mass is 32.2. The van der Waals surface area contributed by atoms with Gasteiger partial charge in [-0.3, -0.25) is 4.90 Å². The minimum absolute atomic E-state index is 0.209. The van der Waals surface area contributed by atoms with Gasteiger partial charge in [0, 0.05) is 25.7 Å². The van der Waals surface area contributed by atoms with E-state index in [1.54, 1.807) is 6.07 Å². The van der Waals surface area contributed by atoms with Gasteiger partial charge in [0.25, 0.3) is 5.76 Å². The number of hydrogen-bond acceptors (Lipinski definition) is 5. The highest BCUT2D eigenvalue weighted by Gasteiger charge is 2.14. The summed E-state index contributed by atoms with van der Waals surface area (Å²) in [5, 5.41) is 3.39. The van der Waals surface area contributed by atoms with Crippen LogP contribution in [0, 0.1) is 0 Å². The Morgan fingerprint density at radius 1 is 1.29 bits per heavy atom. The number of morpholine rings is 1. The van der Waals surface area contributed by atoms with Crippen molar-refractivity contribution in [2.45, 2.75) is 31.0 Å². The third-order valence-corrected chi connectivity index (χ3v) is 4.03. The van der Waals surface area contributed by atoms with Gasteiger partial charge in [0.1, 0.15) is 11.5 Å². The van der Waals surface area contributed by atoms with Gasteiger partial charge in [0.15, 0.2) is 0 Å². The van der Waals surface area contributed by atoms with Gasteiger partial charge < -0.3 is 14.5 Å². The lowest BCUT2D eigenvalue weighted by atomic mass is 10.2. The van der Waals surface area contributed by atoms with Crippen LogP contribution in [0.4, 0.5) is 8.78 Å². The molecule has 0 radical (unpaired) electrons. The number of ether oxygens (including phenoxy) is 1. The van der Waals surface area contributed by atoms with Crippen LogP contribution in [0.25, 0.3) is 0 Å². The zero-order chi connectivity index (χ0) is 15.1. The largest absolute Gasteiger partial charge is 0.464 e. The number of rotatable bonds is 8. The predicted octanol–water partition coefficient (Wildman–Crippen LogP) is 2.55. The second kappa shape index (κ2) is 8.73. The van der Waals surface area contributed by atoms with Crippen LogP contribution < -0.4 is 5.32 Å². The van der Waals surface area contributed by atoms with E-state index in [0.29, 0.717) is 30.1 Å². The Morgan fingerprint density at radius 3 is 2.71 bits per heavy atom. The smallest absolute Gasteiger partial charge is 0.284 e. The molecule has 7 heteroatoms. The number of halogens is 2. The summed E-state index contributed by atoms with van der Waals surface area (Å²) < 4.78 is 35.0. The standard InChI is InChI=1S/C14H22F2N2O2S/c1-11(9-18-4-6-19-7-5-18)17-8-12-2-3-13(20-12)10-21-14(15)16/h2-3,11,14,17H,4-10H2,1H3. The molecule has 1 aromatic rings.